The number of rotatable bonds is 8. The van der Waals surface area contributed by atoms with Crippen LogP contribution in [-0.4, -0.2) is 34.2 Å². The molecular weight excluding hydrogens is 507 g/mol. The van der Waals surface area contributed by atoms with E-state index in [2.05, 4.69) is 10.5 Å². The second-order valence-electron chi connectivity index (χ2n) is 7.02. The first-order valence-electron chi connectivity index (χ1n) is 9.93. The molecule has 12 heteroatoms. The van der Waals surface area contributed by atoms with Gasteiger partial charge < -0.3 is 4.74 Å². The first-order chi connectivity index (χ1) is 16.5. The van der Waals surface area contributed by atoms with Crippen molar-refractivity contribution in [2.75, 3.05) is 18.0 Å². The number of hydrogen-bond donors (Lipinski definition) is 1. The molecule has 184 valence electrons. The van der Waals surface area contributed by atoms with Gasteiger partial charge in [0.05, 0.1) is 34.5 Å². The molecular formula is C23H19ClF3N3O4S. The van der Waals surface area contributed by atoms with Crippen LogP contribution in [-0.2, 0) is 21.0 Å². The molecule has 0 aromatic heterocycles. The number of ether oxygens (including phenoxy) is 1. The van der Waals surface area contributed by atoms with E-state index in [4.69, 9.17) is 16.3 Å². The minimum atomic E-state index is -4.76. The Morgan fingerprint density at radius 3 is 2.40 bits per heavy atom. The monoisotopic (exact) mass is 525 g/mol. The highest BCUT2D eigenvalue weighted by molar-refractivity contribution is 7.92. The van der Waals surface area contributed by atoms with Crippen LogP contribution in [0.2, 0.25) is 5.02 Å². The van der Waals surface area contributed by atoms with E-state index in [1.54, 1.807) is 30.3 Å². The number of alkyl halides is 3. The lowest BCUT2D eigenvalue weighted by Crippen LogP contribution is -2.40. The smallest absolute Gasteiger partial charge is 0.416 e. The molecule has 0 bridgehead atoms. The lowest BCUT2D eigenvalue weighted by Gasteiger charge is -2.25. The van der Waals surface area contributed by atoms with E-state index in [-0.39, 0.29) is 9.92 Å². The summed E-state index contributed by atoms with van der Waals surface area (Å²) in [6.07, 6.45) is -3.48. The normalized spacial score (nSPS) is 11.9. The molecule has 0 atom stereocenters. The fraction of sp³-hybridized carbons (Fsp3) is 0.130. The molecule has 0 unspecified atom stereocenters. The van der Waals surface area contributed by atoms with Crippen molar-refractivity contribution in [1.82, 2.24) is 5.43 Å². The number of amides is 1. The summed E-state index contributed by atoms with van der Waals surface area (Å²) in [5, 5.41) is 3.50. The van der Waals surface area contributed by atoms with Gasteiger partial charge in [-0.25, -0.2) is 13.8 Å². The average molecular weight is 526 g/mol. The molecule has 1 N–H and O–H groups in total. The van der Waals surface area contributed by atoms with E-state index in [1.165, 1.54) is 37.6 Å². The summed E-state index contributed by atoms with van der Waals surface area (Å²) >= 11 is 6.09. The van der Waals surface area contributed by atoms with Gasteiger partial charge in [0, 0.05) is 5.56 Å². The van der Waals surface area contributed by atoms with Crippen molar-refractivity contribution in [2.45, 2.75) is 11.1 Å². The molecule has 0 saturated carbocycles. The maximum atomic E-state index is 13.3. The van der Waals surface area contributed by atoms with Crippen LogP contribution in [0.25, 0.3) is 0 Å². The standard InChI is InChI=1S/C23H19ClF3N3O4S/c1-34-21-10-6-5-7-16(21)14-28-29-22(31)15-30(35(32,33)18-8-3-2-4-9-18)20-13-17(23(25,26)27)11-12-19(20)24/h2-14H,15H2,1H3,(H,29,31)/b28-14+. The molecule has 3 rings (SSSR count). The molecule has 0 heterocycles. The lowest BCUT2D eigenvalue weighted by molar-refractivity contribution is -0.137. The molecule has 0 saturated heterocycles. The zero-order chi connectivity index (χ0) is 25.6. The Labute approximate surface area is 204 Å². The summed E-state index contributed by atoms with van der Waals surface area (Å²) in [6, 6.07) is 16.0. The number of carbonyl (C=O) groups is 1. The van der Waals surface area contributed by atoms with Gasteiger partial charge in [-0.15, -0.1) is 0 Å². The number of nitrogens with one attached hydrogen (secondary N) is 1. The Morgan fingerprint density at radius 1 is 1.09 bits per heavy atom. The predicted molar refractivity (Wildman–Crippen MR) is 126 cm³/mol. The van der Waals surface area contributed by atoms with E-state index >= 15 is 0 Å². The fourth-order valence-electron chi connectivity index (χ4n) is 3.01. The minimum absolute atomic E-state index is 0.237. The summed E-state index contributed by atoms with van der Waals surface area (Å²) in [5.74, 6) is -0.432. The number of halogens is 4. The number of hydrogen-bond acceptors (Lipinski definition) is 5. The average Bonchev–Trinajstić information content (AvgIpc) is 2.83. The van der Waals surface area contributed by atoms with Crippen LogP contribution < -0.4 is 14.5 Å². The van der Waals surface area contributed by atoms with Gasteiger partial charge in [-0.3, -0.25) is 9.10 Å². The summed E-state index contributed by atoms with van der Waals surface area (Å²) < 4.78 is 72.2. The third-order valence-corrected chi connectivity index (χ3v) is 6.79. The molecule has 0 aliphatic carbocycles. The van der Waals surface area contributed by atoms with Gasteiger partial charge >= 0.3 is 6.18 Å². The van der Waals surface area contributed by atoms with Crippen molar-refractivity contribution in [2.24, 2.45) is 5.10 Å². The topological polar surface area (TPSA) is 88.1 Å². The quantitative estimate of drug-likeness (QED) is 0.341. The number of nitrogens with zero attached hydrogens (tertiary/aromatic N) is 2. The van der Waals surface area contributed by atoms with E-state index in [0.717, 1.165) is 12.1 Å². The molecule has 0 fully saturated rings. The lowest BCUT2D eigenvalue weighted by atomic mass is 10.2. The van der Waals surface area contributed by atoms with Crippen molar-refractivity contribution < 1.29 is 31.1 Å². The molecule has 35 heavy (non-hydrogen) atoms. The summed E-state index contributed by atoms with van der Waals surface area (Å²) in [6.45, 7) is -0.887. The molecule has 7 nitrogen and oxygen atoms in total. The van der Waals surface area contributed by atoms with Crippen LogP contribution in [0.1, 0.15) is 11.1 Å². The molecule has 3 aromatic rings. The van der Waals surface area contributed by atoms with Gasteiger partial charge in [0.2, 0.25) is 0 Å². The third-order valence-electron chi connectivity index (χ3n) is 4.69. The predicted octanol–water partition coefficient (Wildman–Crippen LogP) is 4.71. The zero-order valence-corrected chi connectivity index (χ0v) is 19.7. The van der Waals surface area contributed by atoms with Crippen LogP contribution in [0.5, 0.6) is 5.75 Å². The van der Waals surface area contributed by atoms with Crippen LogP contribution in [0.3, 0.4) is 0 Å². The number of carbonyl (C=O) groups excluding carboxylic acids is 1. The Hall–Kier alpha value is -3.57. The minimum Gasteiger partial charge on any atom is -0.496 e. The highest BCUT2D eigenvalue weighted by Crippen LogP contribution is 2.37. The second-order valence-corrected chi connectivity index (χ2v) is 9.29. The van der Waals surface area contributed by atoms with E-state index < -0.39 is 39.9 Å². The van der Waals surface area contributed by atoms with Crippen molar-refractivity contribution in [3.05, 3.63) is 88.9 Å². The first-order valence-corrected chi connectivity index (χ1v) is 11.8. The number of sulfonamides is 1. The maximum absolute atomic E-state index is 13.3. The van der Waals surface area contributed by atoms with Gasteiger partial charge in [-0.2, -0.15) is 18.3 Å². The van der Waals surface area contributed by atoms with Crippen molar-refractivity contribution in [3.8, 4) is 5.75 Å². The number of anilines is 1. The molecule has 1 amide bonds. The Balaban J connectivity index is 1.96. The molecule has 0 spiro atoms. The van der Waals surface area contributed by atoms with Crippen LogP contribution >= 0.6 is 11.6 Å². The molecule has 0 aliphatic heterocycles. The zero-order valence-electron chi connectivity index (χ0n) is 18.2. The highest BCUT2D eigenvalue weighted by Gasteiger charge is 2.34. The number of benzene rings is 3. The van der Waals surface area contributed by atoms with Gasteiger partial charge in [0.25, 0.3) is 15.9 Å². The maximum Gasteiger partial charge on any atom is 0.416 e. The van der Waals surface area contributed by atoms with Crippen molar-refractivity contribution in [1.29, 1.82) is 0 Å². The van der Waals surface area contributed by atoms with Crippen molar-refractivity contribution >= 4 is 39.4 Å². The second kappa shape index (κ2) is 10.8. The summed E-state index contributed by atoms with van der Waals surface area (Å²) in [5.41, 5.74) is 1.08. The molecule has 0 radical (unpaired) electrons. The van der Waals surface area contributed by atoms with Gasteiger partial charge in [0.15, 0.2) is 0 Å². The highest BCUT2D eigenvalue weighted by atomic mass is 35.5. The SMILES string of the molecule is COc1ccccc1/C=N/NC(=O)CN(c1cc(C(F)(F)F)ccc1Cl)S(=O)(=O)c1ccccc1. The van der Waals surface area contributed by atoms with Crippen LogP contribution in [0.4, 0.5) is 18.9 Å². The number of methoxy groups -OCH3 is 1. The van der Waals surface area contributed by atoms with Crippen LogP contribution in [0, 0.1) is 0 Å². The summed E-state index contributed by atoms with van der Waals surface area (Å²) in [4.78, 5) is 12.4. The van der Waals surface area contributed by atoms with E-state index in [1.807, 2.05) is 0 Å². The Kier molecular flexibility index (Phi) is 8.03. The third kappa shape index (κ3) is 6.31. The largest absolute Gasteiger partial charge is 0.496 e. The summed E-state index contributed by atoms with van der Waals surface area (Å²) in [7, 11) is -3.02. The van der Waals surface area contributed by atoms with Gasteiger partial charge in [0.1, 0.15) is 12.3 Å². The van der Waals surface area contributed by atoms with Crippen molar-refractivity contribution in [3.63, 3.8) is 0 Å². The molecule has 0 aliphatic rings. The van der Waals surface area contributed by atoms with E-state index in [9.17, 15) is 26.4 Å². The van der Waals surface area contributed by atoms with Gasteiger partial charge in [-0.05, 0) is 42.5 Å². The fourth-order valence-corrected chi connectivity index (χ4v) is 4.73. The van der Waals surface area contributed by atoms with Gasteiger partial charge in [-0.1, -0.05) is 41.9 Å². The molecule has 3 aromatic carbocycles. The number of hydrazone groups is 1. The Morgan fingerprint density at radius 2 is 1.74 bits per heavy atom. The Bertz CT molecular complexity index is 1330. The van der Waals surface area contributed by atoms with Crippen LogP contribution in [0.15, 0.2) is 82.8 Å². The number of para-hydroxylation sites is 1. The van der Waals surface area contributed by atoms with E-state index in [0.29, 0.717) is 21.7 Å². The first kappa shape index (κ1) is 26.0.